The van der Waals surface area contributed by atoms with Crippen molar-refractivity contribution in [2.75, 3.05) is 10.6 Å². The van der Waals surface area contributed by atoms with Crippen molar-refractivity contribution in [3.8, 4) is 0 Å². The molecule has 6 nitrogen and oxygen atoms in total. The van der Waals surface area contributed by atoms with E-state index in [0.29, 0.717) is 0 Å². The number of hydrogen-bond donors (Lipinski definition) is 3. The Kier molecular flexibility index (Phi) is 6.05. The van der Waals surface area contributed by atoms with Crippen LogP contribution in [-0.4, -0.2) is 17.7 Å². The van der Waals surface area contributed by atoms with Crippen LogP contribution in [0.2, 0.25) is 0 Å². The molecule has 0 radical (unpaired) electrons. The summed E-state index contributed by atoms with van der Waals surface area (Å²) in [5.74, 6) is -1.85. The summed E-state index contributed by atoms with van der Waals surface area (Å²) in [5.41, 5.74) is 5.07. The summed E-state index contributed by atoms with van der Waals surface area (Å²) in [6.45, 7) is 0. The maximum absolute atomic E-state index is 12.8. The minimum absolute atomic E-state index is 0.0162. The van der Waals surface area contributed by atoms with Crippen molar-refractivity contribution < 1.29 is 27.6 Å². The van der Waals surface area contributed by atoms with E-state index < -0.39 is 29.5 Å². The van der Waals surface area contributed by atoms with Gasteiger partial charge in [-0.15, -0.1) is 0 Å². The van der Waals surface area contributed by atoms with E-state index in [1.807, 2.05) is 0 Å². The number of benzene rings is 3. The van der Waals surface area contributed by atoms with Gasteiger partial charge in [-0.25, -0.2) is 0 Å². The Bertz CT molecular complexity index is 1160. The van der Waals surface area contributed by atoms with Gasteiger partial charge in [-0.3, -0.25) is 14.4 Å². The summed E-state index contributed by atoms with van der Waals surface area (Å²) in [5, 5.41) is 4.99. The predicted molar refractivity (Wildman–Crippen MR) is 109 cm³/mol. The second kappa shape index (κ2) is 8.70. The molecular formula is C22H16F3N3O3. The van der Waals surface area contributed by atoms with Crippen molar-refractivity contribution in [3.63, 3.8) is 0 Å². The van der Waals surface area contributed by atoms with Crippen LogP contribution >= 0.6 is 0 Å². The van der Waals surface area contributed by atoms with Gasteiger partial charge in [0.25, 0.3) is 11.8 Å². The molecule has 4 N–H and O–H groups in total. The second-order valence-corrected chi connectivity index (χ2v) is 6.51. The molecule has 0 unspecified atom stereocenters. The first-order valence-electron chi connectivity index (χ1n) is 8.93. The van der Waals surface area contributed by atoms with Gasteiger partial charge in [-0.05, 0) is 54.6 Å². The lowest BCUT2D eigenvalue weighted by Crippen LogP contribution is -2.16. The first-order chi connectivity index (χ1) is 14.6. The van der Waals surface area contributed by atoms with E-state index >= 15 is 0 Å². The number of nitrogens with two attached hydrogens (primary N) is 1. The molecule has 158 valence electrons. The number of rotatable bonds is 5. The number of carbonyl (C=O) groups excluding carboxylic acids is 3. The summed E-state index contributed by atoms with van der Waals surface area (Å²) in [6.07, 6.45) is -4.53. The zero-order chi connectivity index (χ0) is 22.6. The summed E-state index contributed by atoms with van der Waals surface area (Å²) in [7, 11) is 0. The van der Waals surface area contributed by atoms with Crippen molar-refractivity contribution in [2.45, 2.75) is 6.18 Å². The van der Waals surface area contributed by atoms with Crippen molar-refractivity contribution in [2.24, 2.45) is 5.73 Å². The highest BCUT2D eigenvalue weighted by atomic mass is 19.4. The zero-order valence-electron chi connectivity index (χ0n) is 15.9. The fourth-order valence-electron chi connectivity index (χ4n) is 2.73. The van der Waals surface area contributed by atoms with Gasteiger partial charge in [0.05, 0.1) is 5.56 Å². The lowest BCUT2D eigenvalue weighted by molar-refractivity contribution is -0.137. The molecule has 0 fully saturated rings. The third-order valence-corrected chi connectivity index (χ3v) is 4.24. The summed E-state index contributed by atoms with van der Waals surface area (Å²) in [4.78, 5) is 36.1. The van der Waals surface area contributed by atoms with Crippen molar-refractivity contribution in [3.05, 3.63) is 95.1 Å². The molecule has 0 saturated carbocycles. The summed E-state index contributed by atoms with van der Waals surface area (Å²) < 4.78 is 38.5. The number of carbonyl (C=O) groups is 3. The predicted octanol–water partition coefficient (Wildman–Crippen LogP) is 4.31. The molecule has 0 bridgehead atoms. The van der Waals surface area contributed by atoms with Crippen molar-refractivity contribution in [1.29, 1.82) is 0 Å². The number of primary amides is 1. The molecule has 3 amide bonds. The molecule has 0 aliphatic rings. The highest BCUT2D eigenvalue weighted by molar-refractivity contribution is 6.08. The summed E-state index contributed by atoms with van der Waals surface area (Å²) >= 11 is 0. The van der Waals surface area contributed by atoms with Crippen LogP contribution in [0.3, 0.4) is 0 Å². The highest BCUT2D eigenvalue weighted by Gasteiger charge is 2.30. The van der Waals surface area contributed by atoms with E-state index in [1.54, 1.807) is 0 Å². The molecule has 0 spiro atoms. The Morgan fingerprint density at radius 2 is 1.16 bits per heavy atom. The van der Waals surface area contributed by atoms with Gasteiger partial charge in [0.2, 0.25) is 5.91 Å². The molecule has 3 aromatic carbocycles. The van der Waals surface area contributed by atoms with Gasteiger partial charge in [0.1, 0.15) is 0 Å². The average Bonchev–Trinajstić information content (AvgIpc) is 2.73. The maximum atomic E-state index is 12.8. The van der Waals surface area contributed by atoms with Crippen molar-refractivity contribution in [1.82, 2.24) is 0 Å². The third-order valence-electron chi connectivity index (χ3n) is 4.24. The molecule has 0 aliphatic heterocycles. The monoisotopic (exact) mass is 427 g/mol. The first-order valence-corrected chi connectivity index (χ1v) is 8.93. The van der Waals surface area contributed by atoms with Crippen LogP contribution < -0.4 is 16.4 Å². The van der Waals surface area contributed by atoms with E-state index in [2.05, 4.69) is 10.6 Å². The SMILES string of the molecule is NC(=O)c1cccc(C(=O)Nc2cccc(C(=O)Nc3cccc(C(F)(F)F)c3)c2)c1. The molecule has 0 aromatic heterocycles. The Labute approximate surface area is 174 Å². The number of halogens is 3. The molecule has 3 rings (SSSR count). The normalized spacial score (nSPS) is 10.9. The van der Waals surface area contributed by atoms with Gasteiger partial charge in [-0.2, -0.15) is 13.2 Å². The molecule has 0 heterocycles. The molecule has 31 heavy (non-hydrogen) atoms. The standard InChI is InChI=1S/C22H16F3N3O3/c23-22(24,25)16-7-3-9-18(12-16)28-21(31)15-6-2-8-17(11-15)27-20(30)14-5-1-4-13(10-14)19(26)29/h1-12H,(H2,26,29)(H,27,30)(H,28,31). The Morgan fingerprint density at radius 1 is 0.677 bits per heavy atom. The minimum atomic E-state index is -4.53. The average molecular weight is 427 g/mol. The van der Waals surface area contributed by atoms with Crippen LogP contribution in [0.15, 0.2) is 72.8 Å². The number of nitrogens with one attached hydrogen (secondary N) is 2. The molecule has 0 atom stereocenters. The van der Waals surface area contributed by atoms with Gasteiger partial charge in [0, 0.05) is 28.1 Å². The number of alkyl halides is 3. The van der Waals surface area contributed by atoms with Crippen LogP contribution in [0, 0.1) is 0 Å². The van der Waals surface area contributed by atoms with Gasteiger partial charge < -0.3 is 16.4 Å². The zero-order valence-corrected chi connectivity index (χ0v) is 15.9. The van der Waals surface area contributed by atoms with Crippen LogP contribution in [0.1, 0.15) is 36.6 Å². The lowest BCUT2D eigenvalue weighted by atomic mass is 10.1. The van der Waals surface area contributed by atoms with Gasteiger partial charge >= 0.3 is 6.18 Å². The third kappa shape index (κ3) is 5.47. The molecule has 0 aliphatic carbocycles. The topological polar surface area (TPSA) is 101 Å². The fourth-order valence-corrected chi connectivity index (χ4v) is 2.73. The van der Waals surface area contributed by atoms with Crippen molar-refractivity contribution >= 4 is 29.1 Å². The largest absolute Gasteiger partial charge is 0.416 e. The van der Waals surface area contributed by atoms with Crippen LogP contribution in [-0.2, 0) is 6.18 Å². The highest BCUT2D eigenvalue weighted by Crippen LogP contribution is 2.30. The van der Waals surface area contributed by atoms with E-state index in [-0.39, 0.29) is 28.1 Å². The molecule has 9 heteroatoms. The van der Waals surface area contributed by atoms with E-state index in [0.717, 1.165) is 12.1 Å². The van der Waals surface area contributed by atoms with Crippen LogP contribution in [0.4, 0.5) is 24.5 Å². The Balaban J connectivity index is 1.74. The van der Waals surface area contributed by atoms with Crippen LogP contribution in [0.25, 0.3) is 0 Å². The molecule has 0 saturated heterocycles. The molecular weight excluding hydrogens is 411 g/mol. The number of anilines is 2. The van der Waals surface area contributed by atoms with Gasteiger partial charge in [-0.1, -0.05) is 18.2 Å². The lowest BCUT2D eigenvalue weighted by Gasteiger charge is -2.11. The van der Waals surface area contributed by atoms with E-state index in [1.165, 1.54) is 60.7 Å². The Hall–Kier alpha value is -4.14. The maximum Gasteiger partial charge on any atom is 0.416 e. The minimum Gasteiger partial charge on any atom is -0.366 e. The van der Waals surface area contributed by atoms with E-state index in [9.17, 15) is 27.6 Å². The van der Waals surface area contributed by atoms with Crippen LogP contribution in [0.5, 0.6) is 0 Å². The number of amides is 3. The van der Waals surface area contributed by atoms with E-state index in [4.69, 9.17) is 5.73 Å². The first kappa shape index (κ1) is 21.6. The fraction of sp³-hybridized carbons (Fsp3) is 0.0455. The van der Waals surface area contributed by atoms with Gasteiger partial charge in [0.15, 0.2) is 0 Å². The number of hydrogen-bond acceptors (Lipinski definition) is 3. The Morgan fingerprint density at radius 3 is 1.74 bits per heavy atom. The second-order valence-electron chi connectivity index (χ2n) is 6.51. The summed E-state index contributed by atoms with van der Waals surface area (Å²) in [6, 6.07) is 15.9. The molecule has 3 aromatic rings. The quantitative estimate of drug-likeness (QED) is 0.566. The smallest absolute Gasteiger partial charge is 0.366 e.